The SMILES string of the molecule is Cc1cccc2c(=O)n(CCC(=O)Nc3nc(-c4ccccc4OC(F)F)cs3)cnc12. The van der Waals surface area contributed by atoms with E-state index in [4.69, 9.17) is 0 Å². The van der Waals surface area contributed by atoms with E-state index in [1.54, 1.807) is 35.7 Å². The van der Waals surface area contributed by atoms with Crippen LogP contribution in [0.5, 0.6) is 5.75 Å². The fourth-order valence-electron chi connectivity index (χ4n) is 3.23. The number of alkyl halides is 2. The molecule has 0 unspecified atom stereocenters. The Morgan fingerprint density at radius 2 is 2.03 bits per heavy atom. The second-order valence-corrected chi connectivity index (χ2v) is 7.78. The highest BCUT2D eigenvalue weighted by atomic mass is 32.1. The first-order valence-corrected chi connectivity index (χ1v) is 10.5. The Kier molecular flexibility index (Phi) is 6.22. The summed E-state index contributed by atoms with van der Waals surface area (Å²) in [6, 6.07) is 11.7. The zero-order valence-electron chi connectivity index (χ0n) is 16.9. The van der Waals surface area contributed by atoms with Crippen LogP contribution in [0.15, 0.2) is 59.0 Å². The molecule has 2 heterocycles. The number of amides is 1. The molecule has 32 heavy (non-hydrogen) atoms. The molecular formula is C22H18F2N4O3S. The van der Waals surface area contributed by atoms with Crippen LogP contribution >= 0.6 is 11.3 Å². The number of anilines is 1. The molecule has 7 nitrogen and oxygen atoms in total. The molecule has 0 atom stereocenters. The number of hydrogen-bond donors (Lipinski definition) is 1. The predicted octanol–water partition coefficient (Wildman–Crippen LogP) is 4.46. The molecule has 164 valence electrons. The van der Waals surface area contributed by atoms with Gasteiger partial charge in [0.15, 0.2) is 5.13 Å². The molecule has 0 fully saturated rings. The fraction of sp³-hybridized carbons (Fsp3) is 0.182. The van der Waals surface area contributed by atoms with Gasteiger partial charge in [-0.2, -0.15) is 8.78 Å². The van der Waals surface area contributed by atoms with Gasteiger partial charge in [-0.3, -0.25) is 14.2 Å². The lowest BCUT2D eigenvalue weighted by molar-refractivity contribution is -0.116. The monoisotopic (exact) mass is 456 g/mol. The molecule has 1 N–H and O–H groups in total. The van der Waals surface area contributed by atoms with Gasteiger partial charge in [0, 0.05) is 23.9 Å². The molecule has 0 bridgehead atoms. The molecule has 10 heteroatoms. The number of para-hydroxylation sites is 2. The van der Waals surface area contributed by atoms with Crippen molar-refractivity contribution in [3.63, 3.8) is 0 Å². The minimum Gasteiger partial charge on any atom is -0.434 e. The highest BCUT2D eigenvalue weighted by molar-refractivity contribution is 7.14. The summed E-state index contributed by atoms with van der Waals surface area (Å²) in [6.07, 6.45) is 1.48. The molecule has 0 saturated carbocycles. The molecule has 0 aliphatic heterocycles. The highest BCUT2D eigenvalue weighted by Crippen LogP contribution is 2.33. The molecule has 0 spiro atoms. The van der Waals surface area contributed by atoms with Gasteiger partial charge in [0.05, 0.1) is 22.9 Å². The Morgan fingerprint density at radius 1 is 1.22 bits per heavy atom. The van der Waals surface area contributed by atoms with Gasteiger partial charge in [0.2, 0.25) is 5.91 Å². The molecule has 0 saturated heterocycles. The molecule has 2 aromatic heterocycles. The Bertz CT molecular complexity index is 1340. The zero-order chi connectivity index (χ0) is 22.7. The van der Waals surface area contributed by atoms with Crippen molar-refractivity contribution in [2.75, 3.05) is 5.32 Å². The van der Waals surface area contributed by atoms with E-state index in [0.29, 0.717) is 27.3 Å². The summed E-state index contributed by atoms with van der Waals surface area (Å²) < 4.78 is 31.2. The number of hydrogen-bond acceptors (Lipinski definition) is 6. The normalized spacial score (nSPS) is 11.1. The van der Waals surface area contributed by atoms with Crippen molar-refractivity contribution in [1.29, 1.82) is 0 Å². The number of fused-ring (bicyclic) bond motifs is 1. The summed E-state index contributed by atoms with van der Waals surface area (Å²) in [5.41, 5.74) is 2.15. The molecule has 0 radical (unpaired) electrons. The van der Waals surface area contributed by atoms with Crippen molar-refractivity contribution in [3.05, 3.63) is 70.1 Å². The van der Waals surface area contributed by atoms with E-state index in [0.717, 1.165) is 16.9 Å². The smallest absolute Gasteiger partial charge is 0.387 e. The zero-order valence-corrected chi connectivity index (χ0v) is 17.7. The lowest BCUT2D eigenvalue weighted by atomic mass is 10.1. The van der Waals surface area contributed by atoms with Gasteiger partial charge in [-0.25, -0.2) is 9.97 Å². The molecular weight excluding hydrogens is 438 g/mol. The molecule has 0 aliphatic carbocycles. The van der Waals surface area contributed by atoms with Crippen molar-refractivity contribution in [2.45, 2.75) is 26.5 Å². The van der Waals surface area contributed by atoms with Gasteiger partial charge in [-0.1, -0.05) is 24.3 Å². The Balaban J connectivity index is 1.43. The number of benzene rings is 2. The third-order valence-corrected chi connectivity index (χ3v) is 5.52. The number of carbonyl (C=O) groups excluding carboxylic acids is 1. The van der Waals surface area contributed by atoms with E-state index in [1.165, 1.54) is 17.0 Å². The van der Waals surface area contributed by atoms with Gasteiger partial charge in [-0.15, -0.1) is 11.3 Å². The molecule has 0 aliphatic rings. The van der Waals surface area contributed by atoms with Crippen LogP contribution in [0.4, 0.5) is 13.9 Å². The maximum absolute atomic E-state index is 12.6. The van der Waals surface area contributed by atoms with E-state index < -0.39 is 6.61 Å². The van der Waals surface area contributed by atoms with E-state index in [-0.39, 0.29) is 30.2 Å². The van der Waals surface area contributed by atoms with Crippen molar-refractivity contribution in [1.82, 2.24) is 14.5 Å². The van der Waals surface area contributed by atoms with E-state index in [9.17, 15) is 18.4 Å². The summed E-state index contributed by atoms with van der Waals surface area (Å²) >= 11 is 1.16. The highest BCUT2D eigenvalue weighted by Gasteiger charge is 2.15. The van der Waals surface area contributed by atoms with E-state index >= 15 is 0 Å². The molecule has 4 rings (SSSR count). The number of thiazole rings is 1. The summed E-state index contributed by atoms with van der Waals surface area (Å²) in [4.78, 5) is 33.6. The number of nitrogens with one attached hydrogen (secondary N) is 1. The lowest BCUT2D eigenvalue weighted by Gasteiger charge is -2.08. The van der Waals surface area contributed by atoms with Gasteiger partial charge < -0.3 is 10.1 Å². The number of carbonyl (C=O) groups is 1. The van der Waals surface area contributed by atoms with Gasteiger partial charge in [-0.05, 0) is 30.7 Å². The van der Waals surface area contributed by atoms with Crippen molar-refractivity contribution >= 4 is 33.3 Å². The lowest BCUT2D eigenvalue weighted by Crippen LogP contribution is -2.23. The summed E-state index contributed by atoms with van der Waals surface area (Å²) in [5, 5.41) is 5.13. The Labute approximate surface area is 185 Å². The first-order valence-electron chi connectivity index (χ1n) is 9.66. The largest absolute Gasteiger partial charge is 0.434 e. The minimum absolute atomic E-state index is 0.00379. The van der Waals surface area contributed by atoms with Crippen LogP contribution in [0, 0.1) is 6.92 Å². The number of aryl methyl sites for hydroxylation is 2. The maximum atomic E-state index is 12.6. The standard InChI is InChI=1S/C22H18F2N4O3S/c1-13-5-4-7-15-19(13)25-12-28(20(15)30)10-9-18(29)27-22-26-16(11-32-22)14-6-2-3-8-17(14)31-21(23)24/h2-8,11-12,21H,9-10H2,1H3,(H,26,27,29). The first-order chi connectivity index (χ1) is 15.4. The van der Waals surface area contributed by atoms with Crippen molar-refractivity contribution in [2.24, 2.45) is 0 Å². The van der Waals surface area contributed by atoms with Gasteiger partial charge in [0.1, 0.15) is 5.75 Å². The van der Waals surface area contributed by atoms with Crippen molar-refractivity contribution < 1.29 is 18.3 Å². The molecule has 4 aromatic rings. The maximum Gasteiger partial charge on any atom is 0.387 e. The number of halogens is 2. The fourth-order valence-corrected chi connectivity index (χ4v) is 3.96. The van der Waals surface area contributed by atoms with Crippen molar-refractivity contribution in [3.8, 4) is 17.0 Å². The van der Waals surface area contributed by atoms with Crippen LogP contribution in [0.1, 0.15) is 12.0 Å². The number of rotatable bonds is 7. The second-order valence-electron chi connectivity index (χ2n) is 6.92. The average Bonchev–Trinajstić information content (AvgIpc) is 3.22. The summed E-state index contributed by atoms with van der Waals surface area (Å²) in [6.45, 7) is -0.913. The first kappa shape index (κ1) is 21.6. The minimum atomic E-state index is -2.95. The number of ether oxygens (including phenoxy) is 1. The van der Waals surface area contributed by atoms with Crippen LogP contribution in [-0.4, -0.2) is 27.1 Å². The topological polar surface area (TPSA) is 86.1 Å². The summed E-state index contributed by atoms with van der Waals surface area (Å²) in [7, 11) is 0. The van der Waals surface area contributed by atoms with E-state index in [1.807, 2.05) is 13.0 Å². The Morgan fingerprint density at radius 3 is 2.84 bits per heavy atom. The Hall–Kier alpha value is -3.66. The van der Waals surface area contributed by atoms with Crippen LogP contribution in [-0.2, 0) is 11.3 Å². The third-order valence-electron chi connectivity index (χ3n) is 4.76. The number of aromatic nitrogens is 3. The van der Waals surface area contributed by atoms with Crippen LogP contribution in [0.25, 0.3) is 22.2 Å². The van der Waals surface area contributed by atoms with Crippen LogP contribution in [0.3, 0.4) is 0 Å². The van der Waals surface area contributed by atoms with E-state index in [2.05, 4.69) is 20.0 Å². The predicted molar refractivity (Wildman–Crippen MR) is 118 cm³/mol. The van der Waals surface area contributed by atoms with Gasteiger partial charge >= 0.3 is 6.61 Å². The average molecular weight is 456 g/mol. The quantitative estimate of drug-likeness (QED) is 0.444. The molecule has 2 aromatic carbocycles. The second kappa shape index (κ2) is 9.23. The van der Waals surface area contributed by atoms with Gasteiger partial charge in [0.25, 0.3) is 5.56 Å². The van der Waals surface area contributed by atoms with Crippen LogP contribution < -0.4 is 15.6 Å². The van der Waals surface area contributed by atoms with Crippen LogP contribution in [0.2, 0.25) is 0 Å². The third kappa shape index (κ3) is 4.65. The molecule has 1 amide bonds. The summed E-state index contributed by atoms with van der Waals surface area (Å²) in [5.74, 6) is -0.330. The number of nitrogens with zero attached hydrogens (tertiary/aromatic N) is 3.